The fourth-order valence-corrected chi connectivity index (χ4v) is 3.54. The Morgan fingerprint density at radius 1 is 1.31 bits per heavy atom. The van der Waals surface area contributed by atoms with Crippen molar-refractivity contribution in [1.82, 2.24) is 14.7 Å². The van der Waals surface area contributed by atoms with Gasteiger partial charge in [-0.15, -0.1) is 0 Å². The average Bonchev–Trinajstić information content (AvgIpc) is 3.17. The number of carbonyl (C=O) groups is 2. The summed E-state index contributed by atoms with van der Waals surface area (Å²) in [5.74, 6) is -0.0120. The number of benzene rings is 1. The minimum absolute atomic E-state index is 0.00561. The van der Waals surface area contributed by atoms with Crippen LogP contribution in [0.3, 0.4) is 0 Å². The first-order valence-corrected chi connectivity index (χ1v) is 8.61. The molecule has 1 unspecified atom stereocenters. The molecule has 3 rings (SSSR count). The molecule has 0 bridgehead atoms. The van der Waals surface area contributed by atoms with E-state index in [1.165, 1.54) is 6.08 Å². The summed E-state index contributed by atoms with van der Waals surface area (Å²) in [6, 6.07) is 6.94. The molecule has 1 aliphatic rings. The smallest absolute Gasteiger partial charge is 0.253 e. The molecule has 0 aliphatic carbocycles. The Balaban J connectivity index is 1.74. The van der Waals surface area contributed by atoms with E-state index in [1.807, 2.05) is 24.3 Å². The average molecular weight is 352 g/mol. The number of nitrogens with zero attached hydrogens (tertiary/aromatic N) is 3. The van der Waals surface area contributed by atoms with Gasteiger partial charge in [-0.2, -0.15) is 5.10 Å². The van der Waals surface area contributed by atoms with E-state index < -0.39 is 0 Å². The number of rotatable bonds is 4. The molecule has 6 nitrogen and oxygen atoms in total. The fourth-order valence-electron chi connectivity index (χ4n) is 3.54. The summed E-state index contributed by atoms with van der Waals surface area (Å²) < 4.78 is 1.80. The van der Waals surface area contributed by atoms with Crippen molar-refractivity contribution in [2.75, 3.05) is 18.4 Å². The van der Waals surface area contributed by atoms with Crippen LogP contribution in [0, 0.1) is 5.41 Å². The van der Waals surface area contributed by atoms with Crippen LogP contribution in [0.25, 0.3) is 0 Å². The highest BCUT2D eigenvalue weighted by atomic mass is 16.2. The van der Waals surface area contributed by atoms with Gasteiger partial charge in [-0.05, 0) is 41.3 Å². The van der Waals surface area contributed by atoms with E-state index in [1.54, 1.807) is 28.9 Å². The van der Waals surface area contributed by atoms with E-state index in [2.05, 4.69) is 30.8 Å². The number of anilines is 1. The molecular weight excluding hydrogens is 328 g/mol. The molecule has 1 aromatic heterocycles. The van der Waals surface area contributed by atoms with Crippen LogP contribution >= 0.6 is 0 Å². The topological polar surface area (TPSA) is 67.2 Å². The first-order valence-electron chi connectivity index (χ1n) is 8.61. The summed E-state index contributed by atoms with van der Waals surface area (Å²) in [5.41, 5.74) is 2.40. The Kier molecular flexibility index (Phi) is 4.68. The van der Waals surface area contributed by atoms with Gasteiger partial charge in [-0.25, -0.2) is 0 Å². The first kappa shape index (κ1) is 17.9. The van der Waals surface area contributed by atoms with Crippen LogP contribution in [0.15, 0.2) is 49.3 Å². The molecule has 1 aliphatic heterocycles. The van der Waals surface area contributed by atoms with Crippen molar-refractivity contribution in [3.8, 4) is 0 Å². The van der Waals surface area contributed by atoms with Crippen LogP contribution in [0.5, 0.6) is 0 Å². The lowest BCUT2D eigenvalue weighted by molar-refractivity contribution is -0.111. The van der Waals surface area contributed by atoms with E-state index in [-0.39, 0.29) is 23.1 Å². The molecule has 1 saturated heterocycles. The van der Waals surface area contributed by atoms with E-state index >= 15 is 0 Å². The molecule has 6 heteroatoms. The molecule has 1 atom stereocenters. The Morgan fingerprint density at radius 3 is 2.58 bits per heavy atom. The first-order chi connectivity index (χ1) is 12.3. The summed E-state index contributed by atoms with van der Waals surface area (Å²) in [6.45, 7) is 9.16. The van der Waals surface area contributed by atoms with E-state index in [9.17, 15) is 9.59 Å². The van der Waals surface area contributed by atoms with Gasteiger partial charge in [0.15, 0.2) is 0 Å². The molecule has 1 aromatic carbocycles. The minimum Gasteiger partial charge on any atom is -0.337 e. The van der Waals surface area contributed by atoms with Gasteiger partial charge in [-0.1, -0.05) is 20.4 Å². The number of aryl methyl sites for hydroxylation is 1. The largest absolute Gasteiger partial charge is 0.337 e. The lowest BCUT2D eigenvalue weighted by Gasteiger charge is -2.24. The summed E-state index contributed by atoms with van der Waals surface area (Å²) in [6.07, 6.45) is 5.12. The van der Waals surface area contributed by atoms with Crippen molar-refractivity contribution < 1.29 is 9.59 Å². The normalized spacial score (nSPS) is 18.6. The Morgan fingerprint density at radius 2 is 2.00 bits per heavy atom. The van der Waals surface area contributed by atoms with Gasteiger partial charge in [-0.3, -0.25) is 14.3 Å². The highest BCUT2D eigenvalue weighted by Gasteiger charge is 2.42. The van der Waals surface area contributed by atoms with E-state index in [0.29, 0.717) is 24.3 Å². The summed E-state index contributed by atoms with van der Waals surface area (Å²) in [4.78, 5) is 26.1. The summed E-state index contributed by atoms with van der Waals surface area (Å²) in [5, 5.41) is 6.95. The molecule has 26 heavy (non-hydrogen) atoms. The minimum atomic E-state index is -0.273. The van der Waals surface area contributed by atoms with Gasteiger partial charge in [0.2, 0.25) is 5.91 Å². The Bertz CT molecular complexity index is 836. The van der Waals surface area contributed by atoms with Crippen LogP contribution in [-0.2, 0) is 11.8 Å². The molecular formula is C20H24N4O2. The van der Waals surface area contributed by atoms with E-state index in [0.717, 1.165) is 5.56 Å². The van der Waals surface area contributed by atoms with Crippen molar-refractivity contribution in [3.63, 3.8) is 0 Å². The zero-order valence-electron chi connectivity index (χ0n) is 15.4. The van der Waals surface area contributed by atoms with Crippen LogP contribution in [0.4, 0.5) is 5.69 Å². The molecule has 1 N–H and O–H groups in total. The number of hydrogen-bond acceptors (Lipinski definition) is 3. The quantitative estimate of drug-likeness (QED) is 0.861. The molecule has 0 saturated carbocycles. The van der Waals surface area contributed by atoms with Crippen LogP contribution < -0.4 is 5.32 Å². The van der Waals surface area contributed by atoms with Crippen LogP contribution in [0.1, 0.15) is 35.7 Å². The predicted molar refractivity (Wildman–Crippen MR) is 101 cm³/mol. The maximum Gasteiger partial charge on any atom is 0.253 e. The molecule has 2 heterocycles. The van der Waals surface area contributed by atoms with Crippen molar-refractivity contribution in [2.24, 2.45) is 12.5 Å². The summed E-state index contributed by atoms with van der Waals surface area (Å²) in [7, 11) is 1.90. The molecule has 2 aromatic rings. The van der Waals surface area contributed by atoms with Gasteiger partial charge in [0.1, 0.15) is 0 Å². The third kappa shape index (κ3) is 3.54. The highest BCUT2D eigenvalue weighted by molar-refractivity contribution is 5.99. The molecule has 1 fully saturated rings. The number of carbonyl (C=O) groups excluding carboxylic acids is 2. The fraction of sp³-hybridized carbons (Fsp3) is 0.350. The second kappa shape index (κ2) is 6.78. The third-order valence-corrected chi connectivity index (χ3v) is 4.94. The van der Waals surface area contributed by atoms with Crippen LogP contribution in [0.2, 0.25) is 0 Å². The molecule has 0 radical (unpaired) electrons. The standard InChI is InChI=1S/C20H24N4O2/c1-5-18(25)22-16-8-6-14(7-9-16)19(26)24-12-17(20(2,3)13-24)15-10-21-23(4)11-15/h5-11,17H,1,12-13H2,2-4H3,(H,22,25). The lowest BCUT2D eigenvalue weighted by atomic mass is 9.79. The number of hydrogen-bond donors (Lipinski definition) is 1. The van der Waals surface area contributed by atoms with Crippen molar-refractivity contribution in [1.29, 1.82) is 0 Å². The zero-order valence-corrected chi connectivity index (χ0v) is 15.4. The number of likely N-dealkylation sites (tertiary alicyclic amines) is 1. The SMILES string of the molecule is C=CC(=O)Nc1ccc(C(=O)N2CC(c3cnn(C)c3)C(C)(C)C2)cc1. The van der Waals surface area contributed by atoms with Crippen molar-refractivity contribution in [3.05, 3.63) is 60.4 Å². The van der Waals surface area contributed by atoms with Gasteiger partial charge >= 0.3 is 0 Å². The van der Waals surface area contributed by atoms with Gasteiger partial charge < -0.3 is 10.2 Å². The molecule has 2 amide bonds. The maximum atomic E-state index is 12.9. The van der Waals surface area contributed by atoms with Gasteiger partial charge in [0.25, 0.3) is 5.91 Å². The molecule has 136 valence electrons. The Labute approximate surface area is 153 Å². The number of amides is 2. The highest BCUT2D eigenvalue weighted by Crippen LogP contribution is 2.42. The molecule has 0 spiro atoms. The lowest BCUT2D eigenvalue weighted by Crippen LogP contribution is -2.30. The van der Waals surface area contributed by atoms with E-state index in [4.69, 9.17) is 0 Å². The second-order valence-electron chi connectivity index (χ2n) is 7.44. The van der Waals surface area contributed by atoms with Crippen molar-refractivity contribution >= 4 is 17.5 Å². The predicted octanol–water partition coefficient (Wildman–Crippen LogP) is 2.81. The maximum absolute atomic E-state index is 12.9. The van der Waals surface area contributed by atoms with Crippen LogP contribution in [-0.4, -0.2) is 39.6 Å². The second-order valence-corrected chi connectivity index (χ2v) is 7.44. The summed E-state index contributed by atoms with van der Waals surface area (Å²) >= 11 is 0. The zero-order chi connectivity index (χ0) is 18.9. The number of aromatic nitrogens is 2. The monoisotopic (exact) mass is 352 g/mol. The number of nitrogens with one attached hydrogen (secondary N) is 1. The van der Waals surface area contributed by atoms with Crippen molar-refractivity contribution in [2.45, 2.75) is 19.8 Å². The Hall–Kier alpha value is -2.89. The third-order valence-electron chi connectivity index (χ3n) is 4.94. The van der Waals surface area contributed by atoms with Gasteiger partial charge in [0.05, 0.1) is 6.20 Å². The van der Waals surface area contributed by atoms with Gasteiger partial charge in [0, 0.05) is 43.5 Å².